The maximum Gasteiger partial charge on any atom is 0.153 e. The van der Waals surface area contributed by atoms with Crippen LogP contribution in [0, 0.1) is 11.8 Å². The molecule has 0 aliphatic heterocycles. The first kappa shape index (κ1) is 6.64. The molecule has 49 valence electrons. The molecule has 0 amide bonds. The van der Waals surface area contributed by atoms with E-state index in [4.69, 9.17) is 0 Å². The molecule has 1 radical (unpaired) electrons. The Morgan fingerprint density at radius 3 is 3.00 bits per heavy atom. The van der Waals surface area contributed by atoms with Crippen LogP contribution in [0.4, 0.5) is 0 Å². The molecule has 1 nitrogen and oxygen atoms in total. The zero-order valence-corrected chi connectivity index (χ0v) is 5.52. The molecule has 1 rings (SSSR count). The molecule has 0 aromatic heterocycles. The Hall–Kier alpha value is -0.480. The predicted molar refractivity (Wildman–Crippen MR) is 35.3 cm³/mol. The molecule has 1 unspecified atom stereocenters. The molecule has 1 aliphatic rings. The minimum Gasteiger partial charge on any atom is -0.219 e. The van der Waals surface area contributed by atoms with Crippen molar-refractivity contribution in [1.29, 1.82) is 0 Å². The van der Waals surface area contributed by atoms with Crippen LogP contribution in [-0.4, -0.2) is 6.10 Å². The molecule has 1 heteroatoms. The average Bonchev–Trinajstić information content (AvgIpc) is 1.79. The molecule has 0 spiro atoms. The molecular formula is C8H11O. The van der Waals surface area contributed by atoms with Gasteiger partial charge in [-0.25, -0.2) is 5.11 Å². The number of rotatable bonds is 0. The van der Waals surface area contributed by atoms with Gasteiger partial charge in [0.2, 0.25) is 0 Å². The smallest absolute Gasteiger partial charge is 0.153 e. The second-order valence-electron chi connectivity index (χ2n) is 2.41. The van der Waals surface area contributed by atoms with Crippen LogP contribution in [0.3, 0.4) is 0 Å². The zero-order chi connectivity index (χ0) is 6.53. The monoisotopic (exact) mass is 123 g/mol. The van der Waals surface area contributed by atoms with E-state index in [9.17, 15) is 5.11 Å². The fraction of sp³-hybridized carbons (Fsp3) is 0.750. The van der Waals surface area contributed by atoms with Crippen molar-refractivity contribution >= 4 is 0 Å². The second kappa shape index (κ2) is 3.53. The van der Waals surface area contributed by atoms with Gasteiger partial charge in [-0.15, -0.1) is 5.92 Å². The van der Waals surface area contributed by atoms with Crippen molar-refractivity contribution < 1.29 is 5.11 Å². The van der Waals surface area contributed by atoms with E-state index in [0.717, 1.165) is 19.3 Å². The quantitative estimate of drug-likeness (QED) is 0.437. The lowest BCUT2D eigenvalue weighted by molar-refractivity contribution is 0.126. The lowest BCUT2D eigenvalue weighted by atomic mass is 10.1. The average molecular weight is 123 g/mol. The van der Waals surface area contributed by atoms with Crippen LogP contribution < -0.4 is 0 Å². The second-order valence-corrected chi connectivity index (χ2v) is 2.41. The van der Waals surface area contributed by atoms with Crippen molar-refractivity contribution in [3.8, 4) is 11.8 Å². The summed E-state index contributed by atoms with van der Waals surface area (Å²) in [6.45, 7) is 0. The van der Waals surface area contributed by atoms with E-state index in [1.165, 1.54) is 12.8 Å². The van der Waals surface area contributed by atoms with Crippen molar-refractivity contribution in [3.63, 3.8) is 0 Å². The van der Waals surface area contributed by atoms with Gasteiger partial charge in [0.15, 0.2) is 6.10 Å². The van der Waals surface area contributed by atoms with E-state index in [0.29, 0.717) is 0 Å². The van der Waals surface area contributed by atoms with Gasteiger partial charge in [0.1, 0.15) is 0 Å². The first-order chi connectivity index (χ1) is 4.39. The van der Waals surface area contributed by atoms with Crippen molar-refractivity contribution in [3.05, 3.63) is 0 Å². The van der Waals surface area contributed by atoms with Gasteiger partial charge < -0.3 is 0 Å². The number of hydrogen-bond donors (Lipinski definition) is 0. The summed E-state index contributed by atoms with van der Waals surface area (Å²) < 4.78 is 0. The summed E-state index contributed by atoms with van der Waals surface area (Å²) in [4.78, 5) is 0. The van der Waals surface area contributed by atoms with Crippen LogP contribution in [-0.2, 0) is 5.11 Å². The standard InChI is InChI=1S/C8H11O/c9-8-6-4-2-1-3-5-7-8/h8H,1-4,6H2. The fourth-order valence-electron chi connectivity index (χ4n) is 0.978. The van der Waals surface area contributed by atoms with Gasteiger partial charge in [0, 0.05) is 6.42 Å². The maximum absolute atomic E-state index is 10.7. The van der Waals surface area contributed by atoms with Crippen LogP contribution in [0.1, 0.15) is 32.1 Å². The Bertz CT molecular complexity index is 129. The predicted octanol–water partition coefficient (Wildman–Crippen LogP) is 1.75. The third-order valence-electron chi connectivity index (χ3n) is 1.53. The van der Waals surface area contributed by atoms with Crippen LogP contribution >= 0.6 is 0 Å². The van der Waals surface area contributed by atoms with Gasteiger partial charge in [-0.05, 0) is 19.3 Å². The third kappa shape index (κ3) is 2.53. The van der Waals surface area contributed by atoms with Crippen molar-refractivity contribution in [1.82, 2.24) is 0 Å². The lowest BCUT2D eigenvalue weighted by Crippen LogP contribution is -2.01. The molecule has 0 heterocycles. The van der Waals surface area contributed by atoms with E-state index < -0.39 is 6.10 Å². The summed E-state index contributed by atoms with van der Waals surface area (Å²) in [6, 6.07) is 0. The minimum absolute atomic E-state index is 0.592. The molecule has 0 saturated heterocycles. The molecular weight excluding hydrogens is 112 g/mol. The molecule has 0 aromatic carbocycles. The molecule has 0 N–H and O–H groups in total. The third-order valence-corrected chi connectivity index (χ3v) is 1.53. The Balaban J connectivity index is 2.37. The van der Waals surface area contributed by atoms with E-state index in [-0.39, 0.29) is 0 Å². The first-order valence-corrected chi connectivity index (χ1v) is 3.54. The van der Waals surface area contributed by atoms with Gasteiger partial charge >= 0.3 is 0 Å². The van der Waals surface area contributed by atoms with Crippen LogP contribution in [0.15, 0.2) is 0 Å². The van der Waals surface area contributed by atoms with Gasteiger partial charge in [0.05, 0.1) is 0 Å². The largest absolute Gasteiger partial charge is 0.219 e. The van der Waals surface area contributed by atoms with Gasteiger partial charge in [-0.2, -0.15) is 0 Å². The first-order valence-electron chi connectivity index (χ1n) is 3.54. The molecule has 0 fully saturated rings. The summed E-state index contributed by atoms with van der Waals surface area (Å²) in [7, 11) is 0. The van der Waals surface area contributed by atoms with Gasteiger partial charge in [-0.1, -0.05) is 12.3 Å². The highest BCUT2D eigenvalue weighted by molar-refractivity contribution is 5.04. The summed E-state index contributed by atoms with van der Waals surface area (Å²) in [6.07, 6.45) is 4.53. The highest BCUT2D eigenvalue weighted by Gasteiger charge is 2.01. The SMILES string of the molecule is [O]C1C#CCCCCC1. The summed E-state index contributed by atoms with van der Waals surface area (Å²) in [5.41, 5.74) is 0. The zero-order valence-electron chi connectivity index (χ0n) is 5.52. The van der Waals surface area contributed by atoms with E-state index >= 15 is 0 Å². The summed E-state index contributed by atoms with van der Waals surface area (Å²) in [5, 5.41) is 10.7. The van der Waals surface area contributed by atoms with E-state index in [2.05, 4.69) is 11.8 Å². The van der Waals surface area contributed by atoms with Crippen molar-refractivity contribution in [2.75, 3.05) is 0 Å². The van der Waals surface area contributed by atoms with Crippen molar-refractivity contribution in [2.45, 2.75) is 38.2 Å². The Labute approximate surface area is 56.1 Å². The molecule has 0 bridgehead atoms. The number of hydrogen-bond acceptors (Lipinski definition) is 0. The Morgan fingerprint density at radius 2 is 2.11 bits per heavy atom. The molecule has 1 aliphatic carbocycles. The molecule has 9 heavy (non-hydrogen) atoms. The molecule has 1 atom stereocenters. The fourth-order valence-corrected chi connectivity index (χ4v) is 0.978. The minimum atomic E-state index is -0.592. The van der Waals surface area contributed by atoms with Crippen LogP contribution in [0.2, 0.25) is 0 Å². The topological polar surface area (TPSA) is 19.9 Å². The highest BCUT2D eigenvalue weighted by atomic mass is 16.3. The van der Waals surface area contributed by atoms with Gasteiger partial charge in [-0.3, -0.25) is 0 Å². The van der Waals surface area contributed by atoms with E-state index in [1.54, 1.807) is 0 Å². The molecule has 0 saturated carbocycles. The Morgan fingerprint density at radius 1 is 1.22 bits per heavy atom. The summed E-state index contributed by atoms with van der Waals surface area (Å²) >= 11 is 0. The van der Waals surface area contributed by atoms with Crippen molar-refractivity contribution in [2.24, 2.45) is 0 Å². The Kier molecular flexibility index (Phi) is 2.60. The van der Waals surface area contributed by atoms with E-state index in [1.807, 2.05) is 0 Å². The van der Waals surface area contributed by atoms with Crippen LogP contribution in [0.25, 0.3) is 0 Å². The maximum atomic E-state index is 10.7. The molecule has 0 aromatic rings. The van der Waals surface area contributed by atoms with Gasteiger partial charge in [0.25, 0.3) is 0 Å². The van der Waals surface area contributed by atoms with Crippen LogP contribution in [0.5, 0.6) is 0 Å². The summed E-state index contributed by atoms with van der Waals surface area (Å²) in [5.74, 6) is 5.55. The highest BCUT2D eigenvalue weighted by Crippen LogP contribution is 2.07. The normalized spacial score (nSPS) is 27.4. The lowest BCUT2D eigenvalue weighted by Gasteiger charge is -2.02.